The fourth-order valence-electron chi connectivity index (χ4n) is 7.47. The molecule has 50 heavy (non-hydrogen) atoms. The van der Waals surface area contributed by atoms with E-state index in [1.165, 1.54) is 7.11 Å². The van der Waals surface area contributed by atoms with Gasteiger partial charge in [-0.3, -0.25) is 9.79 Å². The van der Waals surface area contributed by atoms with E-state index >= 15 is 0 Å². The number of likely N-dealkylation sites (N-methyl/N-ethyl adjacent to an activating group) is 1. The minimum atomic E-state index is -0.917. The molecular weight excluding hydrogens is 640 g/mol. The number of guanidine groups is 1. The molecule has 0 radical (unpaired) electrons. The highest BCUT2D eigenvalue weighted by molar-refractivity contribution is 5.94. The molecule has 4 rings (SSSR count). The smallest absolute Gasteiger partial charge is 0.192 e. The first-order chi connectivity index (χ1) is 24.1. The van der Waals surface area contributed by atoms with Crippen molar-refractivity contribution in [2.45, 2.75) is 94.4 Å². The van der Waals surface area contributed by atoms with Gasteiger partial charge in [0, 0.05) is 33.0 Å². The molecule has 2 aromatic rings. The van der Waals surface area contributed by atoms with Gasteiger partial charge in [0.1, 0.15) is 5.60 Å². The highest BCUT2D eigenvalue weighted by Crippen LogP contribution is 2.50. The first-order valence-corrected chi connectivity index (χ1v) is 17.7. The largest absolute Gasteiger partial charge is 0.504 e. The minimum absolute atomic E-state index is 0.0124. The Balaban J connectivity index is 1.55. The number of carbonyl (C=O) groups excluding carboxylic acids is 1. The first-order valence-electron chi connectivity index (χ1n) is 17.7. The van der Waals surface area contributed by atoms with Crippen LogP contribution in [-0.2, 0) is 21.4 Å². The number of rotatable bonds is 19. The summed E-state index contributed by atoms with van der Waals surface area (Å²) < 4.78 is 17.5. The summed E-state index contributed by atoms with van der Waals surface area (Å²) in [7, 11) is 4.94. The average Bonchev–Trinajstić information content (AvgIpc) is 3.74. The van der Waals surface area contributed by atoms with Gasteiger partial charge in [0.15, 0.2) is 41.0 Å². The van der Waals surface area contributed by atoms with Gasteiger partial charge in [-0.25, -0.2) is 0 Å². The monoisotopic (exact) mass is 696 g/mol. The van der Waals surface area contributed by atoms with Crippen molar-refractivity contribution in [1.82, 2.24) is 5.32 Å². The predicted molar refractivity (Wildman–Crippen MR) is 194 cm³/mol. The number of aryl methyl sites for hydroxylation is 1. The van der Waals surface area contributed by atoms with Gasteiger partial charge in [0.2, 0.25) is 0 Å². The van der Waals surface area contributed by atoms with Crippen molar-refractivity contribution < 1.29 is 39.4 Å². The zero-order valence-corrected chi connectivity index (χ0v) is 29.7. The van der Waals surface area contributed by atoms with E-state index in [4.69, 9.17) is 25.1 Å². The Morgan fingerprint density at radius 1 is 1.16 bits per heavy atom. The van der Waals surface area contributed by atoms with Crippen molar-refractivity contribution >= 4 is 17.4 Å². The number of hydrogen-bond acceptors (Lipinski definition) is 10. The van der Waals surface area contributed by atoms with Crippen LogP contribution in [0.4, 0.5) is 5.69 Å². The zero-order chi connectivity index (χ0) is 36.1. The molecule has 3 atom stereocenters. The number of ether oxygens (including phenoxy) is 3. The summed E-state index contributed by atoms with van der Waals surface area (Å²) in [5.74, 6) is 1.06. The fraction of sp³-hybridized carbons (Fsp3) is 0.579. The molecule has 0 saturated heterocycles. The summed E-state index contributed by atoms with van der Waals surface area (Å²) in [6.07, 6.45) is 11.3. The molecule has 12 nitrogen and oxygen atoms in total. The van der Waals surface area contributed by atoms with Crippen LogP contribution in [0.3, 0.4) is 0 Å². The molecule has 8 N–H and O–H groups in total. The third-order valence-electron chi connectivity index (χ3n) is 10.1. The summed E-state index contributed by atoms with van der Waals surface area (Å²) >= 11 is 0. The lowest BCUT2D eigenvalue weighted by atomic mass is 9.75. The van der Waals surface area contributed by atoms with Crippen LogP contribution in [0.5, 0.6) is 23.0 Å². The van der Waals surface area contributed by atoms with Crippen molar-refractivity contribution in [3.8, 4) is 23.0 Å². The SMILES string of the molecule is CN=C(N)Nc1cc(C2(CC=CC(=O)CCc3ccc(O)c(OC)c3)CCCC2)cc(O[C@@]2(CNC)CC[C@H](C[C@H](O)OCCCO)C2)c1O. The summed E-state index contributed by atoms with van der Waals surface area (Å²) in [6, 6.07) is 8.97. The van der Waals surface area contributed by atoms with E-state index in [9.17, 15) is 20.1 Å². The maximum absolute atomic E-state index is 12.9. The molecule has 2 saturated carbocycles. The van der Waals surface area contributed by atoms with Gasteiger partial charge in [0.25, 0.3) is 0 Å². The highest BCUT2D eigenvalue weighted by Gasteiger charge is 2.43. The van der Waals surface area contributed by atoms with Crippen molar-refractivity contribution in [3.05, 3.63) is 53.6 Å². The van der Waals surface area contributed by atoms with Gasteiger partial charge >= 0.3 is 0 Å². The predicted octanol–water partition coefficient (Wildman–Crippen LogP) is 4.67. The molecule has 276 valence electrons. The molecule has 12 heteroatoms. The number of phenols is 2. The third kappa shape index (κ3) is 10.3. The van der Waals surface area contributed by atoms with E-state index in [0.29, 0.717) is 68.9 Å². The standard InChI is InChI=1S/C38H56N4O8/c1-40-25-38(17-13-27(24-38)21-34(46)49-19-7-18-43)50-33-23-28(22-30(35(33)47)42-36(39)41-2)37(14-4-5-15-37)16-6-8-29(44)11-9-26-10-12-31(45)32(20-26)48-3/h6,8,10,12,20,22-23,27,34,40,43,45-47H,4-5,7,9,11,13-19,21,24-25H2,1-3H3,(H3,39,41,42)/t27-,34-,38+/m1/s1. The van der Waals surface area contributed by atoms with Crippen LogP contribution in [0.2, 0.25) is 0 Å². The molecule has 0 aliphatic heterocycles. The molecule has 0 aromatic heterocycles. The lowest BCUT2D eigenvalue weighted by Gasteiger charge is -2.34. The Morgan fingerprint density at radius 3 is 2.64 bits per heavy atom. The summed E-state index contributed by atoms with van der Waals surface area (Å²) in [4.78, 5) is 16.9. The van der Waals surface area contributed by atoms with E-state index in [2.05, 4.69) is 15.6 Å². The third-order valence-corrected chi connectivity index (χ3v) is 10.1. The number of benzene rings is 2. The van der Waals surface area contributed by atoms with Gasteiger partial charge < -0.3 is 51.0 Å². The second-order valence-corrected chi connectivity index (χ2v) is 13.7. The quantitative estimate of drug-likeness (QED) is 0.0270. The maximum atomic E-state index is 12.9. The van der Waals surface area contributed by atoms with Gasteiger partial charge in [0.05, 0.1) is 19.4 Å². The van der Waals surface area contributed by atoms with Gasteiger partial charge in [-0.05, 0) is 111 Å². The number of carbonyl (C=O) groups is 1. The number of nitrogens with one attached hydrogen (secondary N) is 2. The molecule has 0 bridgehead atoms. The minimum Gasteiger partial charge on any atom is -0.504 e. The van der Waals surface area contributed by atoms with Crippen LogP contribution >= 0.6 is 0 Å². The van der Waals surface area contributed by atoms with Crippen molar-refractivity contribution in [2.24, 2.45) is 16.6 Å². The molecule has 2 aromatic carbocycles. The molecule has 2 aliphatic rings. The fourth-order valence-corrected chi connectivity index (χ4v) is 7.47. The normalized spacial score (nSPS) is 21.1. The van der Waals surface area contributed by atoms with Crippen molar-refractivity contribution in [3.63, 3.8) is 0 Å². The van der Waals surface area contributed by atoms with E-state index < -0.39 is 11.9 Å². The second-order valence-electron chi connectivity index (χ2n) is 13.7. The van der Waals surface area contributed by atoms with Crippen molar-refractivity contribution in [2.75, 3.05) is 46.3 Å². The number of methoxy groups -OCH3 is 1. The molecule has 0 spiro atoms. The van der Waals surface area contributed by atoms with Crippen LogP contribution in [-0.4, -0.2) is 85.0 Å². The second kappa shape index (κ2) is 18.4. The number of aliphatic hydroxyl groups excluding tert-OH is 2. The van der Waals surface area contributed by atoms with E-state index in [-0.39, 0.29) is 41.2 Å². The molecule has 0 amide bonds. The van der Waals surface area contributed by atoms with E-state index in [1.54, 1.807) is 31.3 Å². The van der Waals surface area contributed by atoms with Gasteiger partial charge in [-0.1, -0.05) is 25.0 Å². The van der Waals surface area contributed by atoms with Crippen LogP contribution in [0, 0.1) is 5.92 Å². The number of phenolic OH excluding ortho intramolecular Hbond substituents is 2. The number of aliphatic hydroxyl groups is 2. The lowest BCUT2D eigenvalue weighted by Crippen LogP contribution is -2.43. The topological polar surface area (TPSA) is 188 Å². The van der Waals surface area contributed by atoms with E-state index in [0.717, 1.165) is 49.7 Å². The highest BCUT2D eigenvalue weighted by atomic mass is 16.6. The number of hydrogen-bond donors (Lipinski definition) is 7. The Hall–Kier alpha value is -3.84. The molecular formula is C38H56N4O8. The van der Waals surface area contributed by atoms with Gasteiger partial charge in [-0.2, -0.15) is 0 Å². The summed E-state index contributed by atoms with van der Waals surface area (Å²) in [5, 5.41) is 47.2. The summed E-state index contributed by atoms with van der Waals surface area (Å²) in [5.41, 5.74) is 7.48. The van der Waals surface area contributed by atoms with Crippen LogP contribution in [0.25, 0.3) is 0 Å². The number of ketones is 1. The number of anilines is 1. The Kier molecular flexibility index (Phi) is 14.3. The molecule has 0 unspecified atom stereocenters. The van der Waals surface area contributed by atoms with Crippen molar-refractivity contribution in [1.29, 1.82) is 0 Å². The first kappa shape index (κ1) is 39.0. The van der Waals surface area contributed by atoms with Crippen LogP contribution in [0.1, 0.15) is 81.8 Å². The Labute approximate surface area is 295 Å². The summed E-state index contributed by atoms with van der Waals surface area (Å²) in [6.45, 7) is 0.852. The van der Waals surface area contributed by atoms with Crippen LogP contribution < -0.4 is 25.8 Å². The van der Waals surface area contributed by atoms with E-state index in [1.807, 2.05) is 25.3 Å². The zero-order valence-electron chi connectivity index (χ0n) is 29.7. The number of nitrogens with zero attached hydrogens (tertiary/aromatic N) is 1. The van der Waals surface area contributed by atoms with Crippen LogP contribution in [0.15, 0.2) is 47.5 Å². The Bertz CT molecular complexity index is 1470. The number of aliphatic imine (C=N–C) groups is 1. The number of allylic oxidation sites excluding steroid dienone is 2. The number of nitrogens with two attached hydrogens (primary N) is 1. The Morgan fingerprint density at radius 2 is 1.94 bits per heavy atom. The average molecular weight is 697 g/mol. The van der Waals surface area contributed by atoms with Gasteiger partial charge in [-0.15, -0.1) is 0 Å². The maximum Gasteiger partial charge on any atom is 0.192 e. The number of aromatic hydroxyl groups is 2. The molecule has 2 fully saturated rings. The lowest BCUT2D eigenvalue weighted by molar-refractivity contribution is -0.114. The molecule has 0 heterocycles. The molecule has 2 aliphatic carbocycles.